The summed E-state index contributed by atoms with van der Waals surface area (Å²) in [5.74, 6) is -0.157. The summed E-state index contributed by atoms with van der Waals surface area (Å²) in [7, 11) is -4.10. The van der Waals surface area contributed by atoms with Gasteiger partial charge < -0.3 is 10.6 Å². The van der Waals surface area contributed by atoms with Gasteiger partial charge in [-0.2, -0.15) is 30.6 Å². The molecule has 4 aliphatic rings. The number of halogens is 7. The average molecular weight is 651 g/mol. The molecule has 0 aromatic heterocycles. The fourth-order valence-electron chi connectivity index (χ4n) is 6.31. The summed E-state index contributed by atoms with van der Waals surface area (Å²) in [4.78, 5) is 17.3. The normalized spacial score (nSPS) is 26.3. The van der Waals surface area contributed by atoms with Crippen molar-refractivity contribution in [2.45, 2.75) is 80.4 Å². The number of carbonyl (C=O) groups is 1. The van der Waals surface area contributed by atoms with E-state index in [2.05, 4.69) is 15.6 Å². The molecule has 0 unspecified atom stereocenters. The van der Waals surface area contributed by atoms with Gasteiger partial charge in [0.2, 0.25) is 15.9 Å². The van der Waals surface area contributed by atoms with Gasteiger partial charge in [0.05, 0.1) is 27.4 Å². The number of amides is 1. The highest BCUT2D eigenvalue weighted by molar-refractivity contribution is 7.89. The van der Waals surface area contributed by atoms with Crippen LogP contribution in [0.25, 0.3) is 0 Å². The molecule has 0 radical (unpaired) electrons. The highest BCUT2D eigenvalue weighted by Crippen LogP contribution is 2.71. The van der Waals surface area contributed by atoms with Crippen molar-refractivity contribution in [2.75, 3.05) is 6.54 Å². The zero-order chi connectivity index (χ0) is 31.6. The Morgan fingerprint density at radius 3 is 2.26 bits per heavy atom. The number of nitrogens with one attached hydrogen (secondary N) is 2. The number of hydrogen-bond donors (Lipinski definition) is 2. The number of alkyl halides is 6. The van der Waals surface area contributed by atoms with E-state index in [0.29, 0.717) is 25.1 Å². The quantitative estimate of drug-likeness (QED) is 0.341. The van der Waals surface area contributed by atoms with Gasteiger partial charge in [0.1, 0.15) is 5.84 Å². The van der Waals surface area contributed by atoms with Gasteiger partial charge in [-0.3, -0.25) is 9.79 Å². The molecule has 0 saturated heterocycles. The molecule has 15 heteroatoms. The Morgan fingerprint density at radius 1 is 1.07 bits per heavy atom. The zero-order valence-corrected chi connectivity index (χ0v) is 24.7. The Balaban J connectivity index is 1.38. The Labute approximate surface area is 249 Å². The Hall–Kier alpha value is -2.84. The molecule has 7 nitrogen and oxygen atoms in total. The summed E-state index contributed by atoms with van der Waals surface area (Å²) in [5, 5.41) is 4.98. The molecule has 43 heavy (non-hydrogen) atoms. The lowest BCUT2D eigenvalue weighted by molar-refractivity contribution is -0.151. The van der Waals surface area contributed by atoms with Crippen LogP contribution in [-0.4, -0.2) is 54.3 Å². The van der Waals surface area contributed by atoms with Crippen molar-refractivity contribution in [2.24, 2.45) is 10.4 Å². The lowest BCUT2D eigenvalue weighted by Gasteiger charge is -2.73. The van der Waals surface area contributed by atoms with E-state index in [4.69, 9.17) is 11.6 Å². The van der Waals surface area contributed by atoms with E-state index in [0.717, 1.165) is 12.1 Å². The Morgan fingerprint density at radius 2 is 1.70 bits per heavy atom. The van der Waals surface area contributed by atoms with Crippen LogP contribution in [0.2, 0.25) is 5.02 Å². The van der Waals surface area contributed by atoms with E-state index in [1.165, 1.54) is 22.5 Å². The Bertz CT molecular complexity index is 1540. The number of aliphatic imine (C=N–C) groups is 1. The standard InChI is InChI=1S/C28H29ClF6N4O3S/c1-24(2)21(22(40)36-11-10-27(30,31)32)37-23(38-24)25-14-26(15-25,16-25)39(43(41,42)18-6-4-3-5-7-18)13-17-8-9-19(20(29)12-17)28(33,34)35/h3-9,12,21H,10-11,13-16H2,1-2H3,(H,36,40)(H,37,38)/t21-,25?,26?/m0/s1. The van der Waals surface area contributed by atoms with Crippen LogP contribution in [-0.2, 0) is 27.5 Å². The number of rotatable bonds is 9. The second-order valence-corrected chi connectivity index (χ2v) is 14.3. The third-order valence-electron chi connectivity index (χ3n) is 8.37. The van der Waals surface area contributed by atoms with E-state index in [1.54, 1.807) is 32.0 Å². The monoisotopic (exact) mass is 650 g/mol. The third-order valence-corrected chi connectivity index (χ3v) is 10.6. The first-order chi connectivity index (χ1) is 19.8. The van der Waals surface area contributed by atoms with Crippen LogP contribution in [0.3, 0.4) is 0 Å². The van der Waals surface area contributed by atoms with Crippen molar-refractivity contribution in [1.29, 1.82) is 0 Å². The van der Waals surface area contributed by atoms with Crippen LogP contribution in [0.4, 0.5) is 26.3 Å². The highest BCUT2D eigenvalue weighted by atomic mass is 35.5. The lowest BCUT2D eigenvalue weighted by Crippen LogP contribution is -2.78. The van der Waals surface area contributed by atoms with E-state index in [9.17, 15) is 39.6 Å². The SMILES string of the molecule is CC1(C)NC(C23CC(N(Cc4ccc(C(F)(F)F)c(Cl)c4)S(=O)(=O)c4ccccc4)(C2)C3)=N[C@H]1C(=O)NCCC(F)(F)F. The van der Waals surface area contributed by atoms with Gasteiger partial charge in [-0.25, -0.2) is 8.42 Å². The van der Waals surface area contributed by atoms with Crippen molar-refractivity contribution >= 4 is 33.4 Å². The van der Waals surface area contributed by atoms with Crippen molar-refractivity contribution < 1.29 is 39.6 Å². The van der Waals surface area contributed by atoms with E-state index in [-0.39, 0.29) is 17.0 Å². The molecule has 6 rings (SSSR count). The van der Waals surface area contributed by atoms with Gasteiger partial charge in [0, 0.05) is 24.0 Å². The maximum atomic E-state index is 13.9. The molecular weight excluding hydrogens is 622 g/mol. The number of amidine groups is 1. The van der Waals surface area contributed by atoms with Crippen molar-refractivity contribution in [1.82, 2.24) is 14.9 Å². The molecule has 234 valence electrons. The minimum atomic E-state index is -4.67. The summed E-state index contributed by atoms with van der Waals surface area (Å²) < 4.78 is 106. The largest absolute Gasteiger partial charge is 0.417 e. The highest BCUT2D eigenvalue weighted by Gasteiger charge is 2.75. The minimum Gasteiger partial charge on any atom is -0.366 e. The van der Waals surface area contributed by atoms with E-state index in [1.807, 2.05) is 0 Å². The fourth-order valence-corrected chi connectivity index (χ4v) is 8.39. The molecule has 3 fully saturated rings. The summed E-state index contributed by atoms with van der Waals surface area (Å²) in [6.45, 7) is 2.62. The number of hydrogen-bond acceptors (Lipinski definition) is 5. The maximum Gasteiger partial charge on any atom is 0.417 e. The summed E-state index contributed by atoms with van der Waals surface area (Å²) >= 11 is 5.93. The maximum absolute atomic E-state index is 13.9. The molecule has 1 heterocycles. The smallest absolute Gasteiger partial charge is 0.366 e. The third kappa shape index (κ3) is 5.85. The van der Waals surface area contributed by atoms with Gasteiger partial charge in [0.15, 0.2) is 6.04 Å². The van der Waals surface area contributed by atoms with Crippen LogP contribution >= 0.6 is 11.6 Å². The number of carbonyl (C=O) groups excluding carboxylic acids is 1. The molecule has 1 aliphatic heterocycles. The van der Waals surface area contributed by atoms with Crippen LogP contribution < -0.4 is 10.6 Å². The van der Waals surface area contributed by atoms with Crippen LogP contribution in [0.5, 0.6) is 0 Å². The molecule has 0 spiro atoms. The van der Waals surface area contributed by atoms with E-state index >= 15 is 0 Å². The second-order valence-electron chi connectivity index (χ2n) is 12.1. The fraction of sp³-hybridized carbons (Fsp3) is 0.500. The molecule has 1 atom stereocenters. The Kier molecular flexibility index (Phi) is 7.62. The molecule has 1 amide bonds. The van der Waals surface area contributed by atoms with Crippen LogP contribution in [0, 0.1) is 5.41 Å². The molecule has 3 saturated carbocycles. The average Bonchev–Trinajstić information content (AvgIpc) is 3.15. The first kappa shape index (κ1) is 31.6. The van der Waals surface area contributed by atoms with Crippen molar-refractivity contribution in [3.8, 4) is 0 Å². The summed E-state index contributed by atoms with van der Waals surface area (Å²) in [6.07, 6.45) is -9.23. The first-order valence-electron chi connectivity index (χ1n) is 13.4. The predicted octanol–water partition coefficient (Wildman–Crippen LogP) is 5.69. The zero-order valence-electron chi connectivity index (χ0n) is 23.1. The van der Waals surface area contributed by atoms with Crippen molar-refractivity contribution in [3.63, 3.8) is 0 Å². The van der Waals surface area contributed by atoms with Crippen molar-refractivity contribution in [3.05, 3.63) is 64.7 Å². The summed E-state index contributed by atoms with van der Waals surface area (Å²) in [6, 6.07) is 9.85. The van der Waals surface area contributed by atoms with Gasteiger partial charge >= 0.3 is 12.4 Å². The van der Waals surface area contributed by atoms with Gasteiger partial charge in [0.25, 0.3) is 0 Å². The van der Waals surface area contributed by atoms with Gasteiger partial charge in [-0.15, -0.1) is 0 Å². The minimum absolute atomic E-state index is 0.0276. The second kappa shape index (κ2) is 10.4. The lowest BCUT2D eigenvalue weighted by atomic mass is 9.38. The predicted molar refractivity (Wildman–Crippen MR) is 147 cm³/mol. The molecule has 2 bridgehead atoms. The van der Waals surface area contributed by atoms with Gasteiger partial charge in [-0.1, -0.05) is 35.9 Å². The topological polar surface area (TPSA) is 90.9 Å². The molecule has 2 aromatic carbocycles. The number of nitrogens with zero attached hydrogens (tertiary/aromatic N) is 2. The molecule has 2 N–H and O–H groups in total. The molecular formula is C28H29ClF6N4O3S. The number of benzene rings is 2. The van der Waals surface area contributed by atoms with Crippen LogP contribution in [0.1, 0.15) is 50.7 Å². The molecule has 3 aliphatic carbocycles. The number of sulfonamides is 1. The van der Waals surface area contributed by atoms with Crippen LogP contribution in [0.15, 0.2) is 58.4 Å². The first-order valence-corrected chi connectivity index (χ1v) is 15.2. The molecule has 2 aromatic rings. The summed E-state index contributed by atoms with van der Waals surface area (Å²) in [5.41, 5.74) is -3.06. The van der Waals surface area contributed by atoms with Gasteiger partial charge in [-0.05, 0) is 62.9 Å². The van der Waals surface area contributed by atoms with E-state index < -0.39 is 74.4 Å².